The molecule has 25 heavy (non-hydrogen) atoms. The summed E-state index contributed by atoms with van der Waals surface area (Å²) in [5.41, 5.74) is 1.44. The standard InChI is InChI=1S/C18H28N2O5/c1-9(2)12(6)19-14(21)8-24-18(23)16-11(5)15(13(7)20-16)17(22)25-10(3)4/h9-10,12,20H,8H2,1-7H3,(H,19,21)/t12-/m1/s1. The number of aromatic nitrogens is 1. The molecule has 7 nitrogen and oxygen atoms in total. The molecule has 140 valence electrons. The summed E-state index contributed by atoms with van der Waals surface area (Å²) in [6, 6.07) is -0.0157. The van der Waals surface area contributed by atoms with Gasteiger partial charge in [-0.2, -0.15) is 0 Å². The van der Waals surface area contributed by atoms with Crippen molar-refractivity contribution in [3.63, 3.8) is 0 Å². The maximum atomic E-state index is 12.2. The Hall–Kier alpha value is -2.31. The van der Waals surface area contributed by atoms with Gasteiger partial charge in [0.2, 0.25) is 0 Å². The van der Waals surface area contributed by atoms with E-state index in [9.17, 15) is 14.4 Å². The Labute approximate surface area is 148 Å². The van der Waals surface area contributed by atoms with E-state index in [1.54, 1.807) is 27.7 Å². The Balaban J connectivity index is 2.77. The van der Waals surface area contributed by atoms with Gasteiger partial charge in [-0.1, -0.05) is 13.8 Å². The molecule has 1 atom stereocenters. The summed E-state index contributed by atoms with van der Waals surface area (Å²) in [5.74, 6) is -1.27. The molecule has 7 heteroatoms. The SMILES string of the molecule is Cc1[nH]c(C(=O)OCC(=O)N[C@H](C)C(C)C)c(C)c1C(=O)OC(C)C. The molecule has 0 aliphatic rings. The van der Waals surface area contributed by atoms with Gasteiger partial charge in [0.1, 0.15) is 5.69 Å². The first kappa shape index (κ1) is 20.7. The number of amides is 1. The summed E-state index contributed by atoms with van der Waals surface area (Å²) >= 11 is 0. The third kappa shape index (κ3) is 5.62. The number of aromatic amines is 1. The molecule has 0 saturated carbocycles. The second kappa shape index (κ2) is 8.69. The van der Waals surface area contributed by atoms with Gasteiger partial charge in [-0.15, -0.1) is 0 Å². The second-order valence-corrected chi connectivity index (χ2v) is 6.76. The van der Waals surface area contributed by atoms with E-state index in [4.69, 9.17) is 9.47 Å². The van der Waals surface area contributed by atoms with E-state index in [0.717, 1.165) is 0 Å². The minimum Gasteiger partial charge on any atom is -0.459 e. The van der Waals surface area contributed by atoms with Gasteiger partial charge in [0, 0.05) is 11.7 Å². The Morgan fingerprint density at radius 2 is 1.64 bits per heavy atom. The van der Waals surface area contributed by atoms with Crippen LogP contribution in [-0.2, 0) is 14.3 Å². The van der Waals surface area contributed by atoms with Gasteiger partial charge in [0.25, 0.3) is 5.91 Å². The Morgan fingerprint density at radius 3 is 2.16 bits per heavy atom. The van der Waals surface area contributed by atoms with Crippen LogP contribution in [0.2, 0.25) is 0 Å². The molecular formula is C18H28N2O5. The average molecular weight is 352 g/mol. The van der Waals surface area contributed by atoms with E-state index >= 15 is 0 Å². The summed E-state index contributed by atoms with van der Waals surface area (Å²) in [6.07, 6.45) is -0.261. The fourth-order valence-electron chi connectivity index (χ4n) is 2.20. The topological polar surface area (TPSA) is 97.5 Å². The van der Waals surface area contributed by atoms with E-state index in [1.807, 2.05) is 20.8 Å². The van der Waals surface area contributed by atoms with Crippen LogP contribution in [0.25, 0.3) is 0 Å². The molecule has 1 amide bonds. The molecule has 0 aliphatic heterocycles. The number of hydrogen-bond donors (Lipinski definition) is 2. The largest absolute Gasteiger partial charge is 0.459 e. The van der Waals surface area contributed by atoms with Gasteiger partial charge in [-0.05, 0) is 46.1 Å². The molecule has 1 heterocycles. The lowest BCUT2D eigenvalue weighted by Crippen LogP contribution is -2.38. The van der Waals surface area contributed by atoms with Gasteiger partial charge >= 0.3 is 11.9 Å². The van der Waals surface area contributed by atoms with E-state index in [-0.39, 0.29) is 36.3 Å². The van der Waals surface area contributed by atoms with Crippen LogP contribution in [0.15, 0.2) is 0 Å². The normalized spacial score (nSPS) is 12.2. The maximum Gasteiger partial charge on any atom is 0.355 e. The van der Waals surface area contributed by atoms with Crippen LogP contribution in [0.3, 0.4) is 0 Å². The van der Waals surface area contributed by atoms with Crippen molar-refractivity contribution in [2.24, 2.45) is 5.92 Å². The summed E-state index contributed by atoms with van der Waals surface area (Å²) in [7, 11) is 0. The third-order valence-corrected chi connectivity index (χ3v) is 3.91. The van der Waals surface area contributed by atoms with Gasteiger partial charge in [-0.3, -0.25) is 4.79 Å². The monoisotopic (exact) mass is 352 g/mol. The zero-order valence-corrected chi connectivity index (χ0v) is 16.0. The molecule has 0 bridgehead atoms. The van der Waals surface area contributed by atoms with E-state index < -0.39 is 11.9 Å². The number of esters is 2. The van der Waals surface area contributed by atoms with Crippen molar-refractivity contribution in [3.8, 4) is 0 Å². The highest BCUT2D eigenvalue weighted by atomic mass is 16.5. The highest BCUT2D eigenvalue weighted by Gasteiger charge is 2.25. The van der Waals surface area contributed by atoms with Gasteiger partial charge in [-0.25, -0.2) is 9.59 Å². The smallest absolute Gasteiger partial charge is 0.355 e. The molecule has 0 saturated heterocycles. The fraction of sp³-hybridized carbons (Fsp3) is 0.611. The number of rotatable bonds is 7. The average Bonchev–Trinajstić information content (AvgIpc) is 2.78. The first-order chi connectivity index (χ1) is 11.5. The molecule has 2 N–H and O–H groups in total. The van der Waals surface area contributed by atoms with Crippen LogP contribution >= 0.6 is 0 Å². The Kier molecular flexibility index (Phi) is 7.21. The molecule has 0 unspecified atom stereocenters. The van der Waals surface area contributed by atoms with Crippen molar-refractivity contribution < 1.29 is 23.9 Å². The molecule has 0 fully saturated rings. The van der Waals surface area contributed by atoms with Gasteiger partial charge < -0.3 is 19.8 Å². The van der Waals surface area contributed by atoms with Gasteiger partial charge in [0.05, 0.1) is 11.7 Å². The van der Waals surface area contributed by atoms with Crippen molar-refractivity contribution in [3.05, 3.63) is 22.5 Å². The minimum atomic E-state index is -0.684. The van der Waals surface area contributed by atoms with E-state index in [0.29, 0.717) is 16.8 Å². The number of ether oxygens (including phenoxy) is 2. The molecule has 0 aromatic carbocycles. The summed E-state index contributed by atoms with van der Waals surface area (Å²) in [4.78, 5) is 39.0. The van der Waals surface area contributed by atoms with Crippen LogP contribution in [0, 0.1) is 19.8 Å². The molecule has 1 aromatic rings. The van der Waals surface area contributed by atoms with E-state index in [2.05, 4.69) is 10.3 Å². The molecular weight excluding hydrogens is 324 g/mol. The van der Waals surface area contributed by atoms with E-state index in [1.165, 1.54) is 0 Å². The van der Waals surface area contributed by atoms with Gasteiger partial charge in [0.15, 0.2) is 6.61 Å². The molecule has 0 radical (unpaired) electrons. The van der Waals surface area contributed by atoms with Crippen molar-refractivity contribution >= 4 is 17.8 Å². The number of nitrogens with one attached hydrogen (secondary N) is 2. The van der Waals surface area contributed by atoms with Crippen molar-refractivity contribution in [2.75, 3.05) is 6.61 Å². The molecule has 1 aromatic heterocycles. The van der Waals surface area contributed by atoms with Crippen molar-refractivity contribution in [1.29, 1.82) is 0 Å². The van der Waals surface area contributed by atoms with Crippen LogP contribution in [0.5, 0.6) is 0 Å². The third-order valence-electron chi connectivity index (χ3n) is 3.91. The number of hydrogen-bond acceptors (Lipinski definition) is 5. The Morgan fingerprint density at radius 1 is 1.04 bits per heavy atom. The van der Waals surface area contributed by atoms with Crippen LogP contribution < -0.4 is 5.32 Å². The quantitative estimate of drug-likeness (QED) is 0.735. The molecule has 1 rings (SSSR count). The zero-order chi connectivity index (χ0) is 19.3. The number of H-pyrrole nitrogens is 1. The highest BCUT2D eigenvalue weighted by molar-refractivity contribution is 5.99. The summed E-state index contributed by atoms with van der Waals surface area (Å²) < 4.78 is 10.2. The van der Waals surface area contributed by atoms with Crippen LogP contribution in [-0.4, -0.2) is 41.6 Å². The second-order valence-electron chi connectivity index (χ2n) is 6.76. The summed E-state index contributed by atoms with van der Waals surface area (Å²) in [6.45, 7) is 12.3. The lowest BCUT2D eigenvalue weighted by Gasteiger charge is -2.17. The first-order valence-corrected chi connectivity index (χ1v) is 8.41. The number of aryl methyl sites for hydroxylation is 1. The number of carbonyl (C=O) groups is 3. The highest BCUT2D eigenvalue weighted by Crippen LogP contribution is 2.20. The van der Waals surface area contributed by atoms with Crippen molar-refractivity contribution in [1.82, 2.24) is 10.3 Å². The molecule has 0 spiro atoms. The minimum absolute atomic E-state index is 0.0157. The van der Waals surface area contributed by atoms with Crippen LogP contribution in [0.4, 0.5) is 0 Å². The first-order valence-electron chi connectivity index (χ1n) is 8.41. The lowest BCUT2D eigenvalue weighted by molar-refractivity contribution is -0.125. The maximum absolute atomic E-state index is 12.2. The predicted molar refractivity (Wildman–Crippen MR) is 93.5 cm³/mol. The predicted octanol–water partition coefficient (Wildman–Crippen LogP) is 2.51. The Bertz CT molecular complexity index is 646. The lowest BCUT2D eigenvalue weighted by atomic mass is 10.1. The fourth-order valence-corrected chi connectivity index (χ4v) is 2.20. The van der Waals surface area contributed by atoms with Crippen molar-refractivity contribution in [2.45, 2.75) is 60.6 Å². The number of carbonyl (C=O) groups excluding carboxylic acids is 3. The zero-order valence-electron chi connectivity index (χ0n) is 16.0. The summed E-state index contributed by atoms with van der Waals surface area (Å²) in [5, 5.41) is 2.76. The van der Waals surface area contributed by atoms with Crippen LogP contribution in [0.1, 0.15) is 66.7 Å². The molecule has 0 aliphatic carbocycles.